The van der Waals surface area contributed by atoms with Crippen LogP contribution in [0.25, 0.3) is 0 Å². The van der Waals surface area contributed by atoms with Gasteiger partial charge in [-0.25, -0.2) is 0 Å². The number of hydrogen-bond donors (Lipinski definition) is 1. The van der Waals surface area contributed by atoms with Crippen LogP contribution in [0.5, 0.6) is 11.5 Å². The van der Waals surface area contributed by atoms with Crippen molar-refractivity contribution in [2.24, 2.45) is 5.41 Å². The molecule has 4 rings (SSSR count). The fraction of sp³-hybridized carbons (Fsp3) is 0.393. The lowest BCUT2D eigenvalue weighted by molar-refractivity contribution is -0.186. The third-order valence-electron chi connectivity index (χ3n) is 7.14. The van der Waals surface area contributed by atoms with Crippen LogP contribution in [0.15, 0.2) is 47.7 Å². The Bertz CT molecular complexity index is 1380. The SMILES string of the molecule is COc1ccc(C(=O)NC2(C(F)(F)F)C(=O)N(c3ccc(C)c(C)c3)C3=C2C(=O)CC(C)(C)C3)cc1OC. The quantitative estimate of drug-likeness (QED) is 0.586. The third-order valence-corrected chi connectivity index (χ3v) is 7.14. The van der Waals surface area contributed by atoms with E-state index in [0.717, 1.165) is 16.0 Å². The van der Waals surface area contributed by atoms with E-state index >= 15 is 13.2 Å². The summed E-state index contributed by atoms with van der Waals surface area (Å²) in [5, 5.41) is 1.94. The summed E-state index contributed by atoms with van der Waals surface area (Å²) in [5.74, 6) is -3.09. The molecule has 7 nitrogen and oxygen atoms in total. The summed E-state index contributed by atoms with van der Waals surface area (Å²) in [4.78, 5) is 41.6. The van der Waals surface area contributed by atoms with Gasteiger partial charge in [0.1, 0.15) is 0 Å². The number of ether oxygens (including phenoxy) is 2. The number of Topliss-reactive ketones (excluding diaryl/α,β-unsaturated/α-hetero) is 1. The highest BCUT2D eigenvalue weighted by atomic mass is 19.4. The first kappa shape index (κ1) is 27.2. The van der Waals surface area contributed by atoms with Gasteiger partial charge in [0.15, 0.2) is 17.3 Å². The Morgan fingerprint density at radius 3 is 2.18 bits per heavy atom. The summed E-state index contributed by atoms with van der Waals surface area (Å²) >= 11 is 0. The van der Waals surface area contributed by atoms with E-state index < -0.39 is 40.3 Å². The summed E-state index contributed by atoms with van der Waals surface area (Å²) in [7, 11) is 2.69. The molecule has 0 radical (unpaired) electrons. The van der Waals surface area contributed by atoms with Gasteiger partial charge in [-0.05, 0) is 67.1 Å². The Morgan fingerprint density at radius 1 is 0.947 bits per heavy atom. The summed E-state index contributed by atoms with van der Waals surface area (Å²) in [5.41, 5.74) is -3.39. The van der Waals surface area contributed by atoms with E-state index in [1.807, 2.05) is 12.2 Å². The molecule has 1 atom stereocenters. The standard InChI is InChI=1S/C28H29F3N2O5/c1-15-7-9-18(11-16(15)2)33-19-13-26(3,4)14-20(34)23(19)27(25(33)36,28(29,30)31)32-24(35)17-8-10-21(37-5)22(12-17)38-6/h7-12H,13-14H2,1-6H3,(H,32,35). The number of aryl methyl sites for hydroxylation is 2. The van der Waals surface area contributed by atoms with Gasteiger partial charge in [0.05, 0.1) is 19.8 Å². The Kier molecular flexibility index (Phi) is 6.58. The molecule has 0 fully saturated rings. The highest BCUT2D eigenvalue weighted by Crippen LogP contribution is 2.53. The van der Waals surface area contributed by atoms with Crippen molar-refractivity contribution in [3.8, 4) is 11.5 Å². The molecule has 2 aromatic rings. The Morgan fingerprint density at radius 2 is 1.61 bits per heavy atom. The van der Waals surface area contributed by atoms with Crippen LogP contribution in [-0.4, -0.2) is 43.5 Å². The van der Waals surface area contributed by atoms with Gasteiger partial charge in [0, 0.05) is 23.4 Å². The number of halogens is 3. The zero-order chi connectivity index (χ0) is 28.2. The second kappa shape index (κ2) is 9.18. The number of alkyl halides is 3. The first-order valence-electron chi connectivity index (χ1n) is 12.0. The van der Waals surface area contributed by atoms with Crippen LogP contribution in [0.2, 0.25) is 0 Å². The Hall–Kier alpha value is -3.82. The van der Waals surface area contributed by atoms with Crippen LogP contribution < -0.4 is 19.7 Å². The van der Waals surface area contributed by atoms with Crippen molar-refractivity contribution in [3.63, 3.8) is 0 Å². The Balaban J connectivity index is 1.92. The van der Waals surface area contributed by atoms with E-state index in [0.29, 0.717) is 0 Å². The minimum atomic E-state index is -5.32. The number of nitrogens with zero attached hydrogens (tertiary/aromatic N) is 1. The van der Waals surface area contributed by atoms with Crippen LogP contribution in [0.4, 0.5) is 18.9 Å². The molecule has 1 aliphatic heterocycles. The van der Waals surface area contributed by atoms with Crippen molar-refractivity contribution in [1.82, 2.24) is 5.32 Å². The summed E-state index contributed by atoms with van der Waals surface area (Å²) in [6.45, 7) is 7.13. The molecular weight excluding hydrogens is 501 g/mol. The molecule has 0 saturated heterocycles. The van der Waals surface area contributed by atoms with Crippen LogP contribution in [0.3, 0.4) is 0 Å². The van der Waals surface area contributed by atoms with Crippen molar-refractivity contribution in [3.05, 3.63) is 64.4 Å². The minimum Gasteiger partial charge on any atom is -0.493 e. The van der Waals surface area contributed by atoms with Crippen molar-refractivity contribution in [1.29, 1.82) is 0 Å². The number of methoxy groups -OCH3 is 2. The number of carbonyl (C=O) groups is 3. The number of allylic oxidation sites excluding steroid dienone is 1. The number of nitrogens with one attached hydrogen (secondary N) is 1. The maximum absolute atomic E-state index is 15.1. The number of rotatable bonds is 5. The number of anilines is 1. The molecule has 1 unspecified atom stereocenters. The third kappa shape index (κ3) is 4.21. The highest BCUT2D eigenvalue weighted by molar-refractivity contribution is 6.21. The van der Waals surface area contributed by atoms with Gasteiger partial charge in [0.25, 0.3) is 11.8 Å². The van der Waals surface area contributed by atoms with E-state index in [1.54, 1.807) is 39.0 Å². The zero-order valence-electron chi connectivity index (χ0n) is 22.0. The second-order valence-corrected chi connectivity index (χ2v) is 10.4. The van der Waals surface area contributed by atoms with E-state index in [2.05, 4.69) is 0 Å². The topological polar surface area (TPSA) is 84.9 Å². The first-order valence-corrected chi connectivity index (χ1v) is 12.0. The average Bonchev–Trinajstić information content (AvgIpc) is 3.07. The molecule has 1 heterocycles. The monoisotopic (exact) mass is 530 g/mol. The van der Waals surface area contributed by atoms with E-state index in [9.17, 15) is 14.4 Å². The first-order chi connectivity index (χ1) is 17.7. The molecule has 2 amide bonds. The lowest BCUT2D eigenvalue weighted by atomic mass is 9.72. The Labute approximate surface area is 218 Å². The summed E-state index contributed by atoms with van der Waals surface area (Å²) in [6.07, 6.45) is -5.48. The van der Waals surface area contributed by atoms with Gasteiger partial charge in [-0.2, -0.15) is 13.2 Å². The fourth-order valence-corrected chi connectivity index (χ4v) is 5.11. The van der Waals surface area contributed by atoms with Crippen LogP contribution in [0, 0.1) is 19.3 Å². The average molecular weight is 531 g/mol. The smallest absolute Gasteiger partial charge is 0.425 e. The van der Waals surface area contributed by atoms with Gasteiger partial charge in [0.2, 0.25) is 5.54 Å². The minimum absolute atomic E-state index is 0.0385. The van der Waals surface area contributed by atoms with Gasteiger partial charge >= 0.3 is 6.18 Å². The molecule has 10 heteroatoms. The van der Waals surface area contributed by atoms with Gasteiger partial charge < -0.3 is 14.8 Å². The number of carbonyl (C=O) groups excluding carboxylic acids is 3. The second-order valence-electron chi connectivity index (χ2n) is 10.4. The number of hydrogen-bond acceptors (Lipinski definition) is 5. The molecule has 38 heavy (non-hydrogen) atoms. The van der Waals surface area contributed by atoms with Crippen molar-refractivity contribution in [2.75, 3.05) is 19.1 Å². The molecule has 0 bridgehead atoms. The van der Waals surface area contributed by atoms with Crippen LogP contribution in [0.1, 0.15) is 48.2 Å². The summed E-state index contributed by atoms with van der Waals surface area (Å²) in [6, 6.07) is 8.67. The maximum atomic E-state index is 15.1. The molecule has 202 valence electrons. The molecule has 0 aromatic heterocycles. The molecule has 1 N–H and O–H groups in total. The molecule has 2 aromatic carbocycles. The van der Waals surface area contributed by atoms with Crippen molar-refractivity contribution in [2.45, 2.75) is 52.3 Å². The highest BCUT2D eigenvalue weighted by Gasteiger charge is 2.72. The van der Waals surface area contributed by atoms with E-state index in [1.165, 1.54) is 32.4 Å². The lowest BCUT2D eigenvalue weighted by Gasteiger charge is -2.35. The fourth-order valence-electron chi connectivity index (χ4n) is 5.11. The maximum Gasteiger partial charge on any atom is 0.425 e. The van der Waals surface area contributed by atoms with Gasteiger partial charge in [-0.15, -0.1) is 0 Å². The molecule has 1 aliphatic carbocycles. The largest absolute Gasteiger partial charge is 0.493 e. The van der Waals surface area contributed by atoms with E-state index in [4.69, 9.17) is 9.47 Å². The molecule has 0 saturated carbocycles. The predicted molar refractivity (Wildman–Crippen MR) is 134 cm³/mol. The van der Waals surface area contributed by atoms with Crippen molar-refractivity contribution < 1.29 is 37.0 Å². The summed E-state index contributed by atoms with van der Waals surface area (Å²) < 4.78 is 55.5. The zero-order valence-corrected chi connectivity index (χ0v) is 22.0. The molecular formula is C28H29F3N2O5. The van der Waals surface area contributed by atoms with Crippen LogP contribution in [-0.2, 0) is 9.59 Å². The van der Waals surface area contributed by atoms with Gasteiger partial charge in [-0.1, -0.05) is 19.9 Å². The number of amides is 2. The number of ketones is 1. The van der Waals surface area contributed by atoms with Gasteiger partial charge in [-0.3, -0.25) is 19.3 Å². The molecule has 2 aliphatic rings. The van der Waals surface area contributed by atoms with Crippen molar-refractivity contribution >= 4 is 23.3 Å². The number of benzene rings is 2. The predicted octanol–water partition coefficient (Wildman–Crippen LogP) is 5.04. The van der Waals surface area contributed by atoms with Crippen LogP contribution >= 0.6 is 0 Å². The molecule has 0 spiro atoms. The normalized spacial score (nSPS) is 20.9. The van der Waals surface area contributed by atoms with E-state index in [-0.39, 0.29) is 41.3 Å². The lowest BCUT2D eigenvalue weighted by Crippen LogP contribution is -2.66.